The first kappa shape index (κ1) is 16.6. The Labute approximate surface area is 154 Å². The van der Waals surface area contributed by atoms with Gasteiger partial charge in [0, 0.05) is 17.1 Å². The summed E-state index contributed by atoms with van der Waals surface area (Å²) in [5.41, 5.74) is 2.25. The number of nitrogens with zero attached hydrogens (tertiary/aromatic N) is 1. The molecule has 1 aliphatic rings. The van der Waals surface area contributed by atoms with Gasteiger partial charge in [0.05, 0.1) is 0 Å². The van der Waals surface area contributed by atoms with E-state index in [9.17, 15) is 4.79 Å². The zero-order chi connectivity index (χ0) is 18.1. The molecule has 0 radical (unpaired) electrons. The maximum Gasteiger partial charge on any atom is 0.268 e. The van der Waals surface area contributed by atoms with E-state index in [0.717, 1.165) is 28.6 Å². The van der Waals surface area contributed by atoms with E-state index >= 15 is 0 Å². The monoisotopic (exact) mass is 345 g/mol. The molecule has 3 nitrogen and oxygen atoms in total. The lowest BCUT2D eigenvalue weighted by molar-refractivity contribution is -0.125. The van der Waals surface area contributed by atoms with Gasteiger partial charge in [0.25, 0.3) is 5.91 Å². The predicted molar refractivity (Wildman–Crippen MR) is 106 cm³/mol. The second-order valence-corrected chi connectivity index (χ2v) is 6.88. The minimum Gasteiger partial charge on any atom is -0.480 e. The van der Waals surface area contributed by atoms with Gasteiger partial charge >= 0.3 is 0 Å². The molecule has 0 fully saturated rings. The highest BCUT2D eigenvalue weighted by Crippen LogP contribution is 2.33. The maximum atomic E-state index is 13.3. The summed E-state index contributed by atoms with van der Waals surface area (Å²) in [7, 11) is 0. The number of benzene rings is 3. The van der Waals surface area contributed by atoms with E-state index in [1.54, 1.807) is 0 Å². The van der Waals surface area contributed by atoms with Gasteiger partial charge in [-0.25, -0.2) is 0 Å². The normalized spacial score (nSPS) is 17.2. The lowest BCUT2D eigenvalue weighted by atomic mass is 10.1. The molecule has 3 aromatic carbocycles. The Hall–Kier alpha value is -2.81. The van der Waals surface area contributed by atoms with Crippen LogP contribution in [0.3, 0.4) is 0 Å². The molecule has 0 aliphatic carbocycles. The van der Waals surface area contributed by atoms with Gasteiger partial charge in [-0.1, -0.05) is 61.5 Å². The van der Waals surface area contributed by atoms with Crippen LogP contribution in [-0.2, 0) is 11.2 Å². The molecular formula is C23H23NO2. The molecule has 0 unspecified atom stereocenters. The van der Waals surface area contributed by atoms with Crippen LogP contribution in [-0.4, -0.2) is 18.1 Å². The minimum atomic E-state index is -0.491. The number of ether oxygens (including phenoxy) is 1. The number of carbonyl (C=O) groups is 1. The summed E-state index contributed by atoms with van der Waals surface area (Å²) >= 11 is 0. The van der Waals surface area contributed by atoms with Crippen LogP contribution in [0.1, 0.15) is 25.8 Å². The Morgan fingerprint density at radius 3 is 2.65 bits per heavy atom. The molecule has 4 rings (SSSR count). The van der Waals surface area contributed by atoms with Gasteiger partial charge in [0.2, 0.25) is 0 Å². The van der Waals surface area contributed by atoms with E-state index in [2.05, 4.69) is 25.1 Å². The minimum absolute atomic E-state index is 0.0397. The number of hydrogen-bond acceptors (Lipinski definition) is 2. The summed E-state index contributed by atoms with van der Waals surface area (Å²) in [6.45, 7) is 4.10. The first-order valence-electron chi connectivity index (χ1n) is 9.24. The summed E-state index contributed by atoms with van der Waals surface area (Å²) in [5.74, 6) is 0.807. The number of amides is 1. The fraction of sp³-hybridized carbons (Fsp3) is 0.261. The zero-order valence-corrected chi connectivity index (χ0v) is 15.2. The molecule has 0 spiro atoms. The molecule has 0 saturated carbocycles. The zero-order valence-electron chi connectivity index (χ0n) is 15.2. The topological polar surface area (TPSA) is 29.5 Å². The SMILES string of the molecule is CC[C@H](Oc1cccc2ccccc12)C(=O)N1c2ccccc2C[C@@H]1C. The van der Waals surface area contributed by atoms with Gasteiger partial charge < -0.3 is 9.64 Å². The smallest absolute Gasteiger partial charge is 0.268 e. The first-order chi connectivity index (χ1) is 12.7. The van der Waals surface area contributed by atoms with E-state index in [1.165, 1.54) is 5.56 Å². The van der Waals surface area contributed by atoms with Crippen molar-refractivity contribution in [1.82, 2.24) is 0 Å². The van der Waals surface area contributed by atoms with E-state index in [4.69, 9.17) is 4.74 Å². The number of rotatable bonds is 4. The molecular weight excluding hydrogens is 322 g/mol. The van der Waals surface area contributed by atoms with Crippen LogP contribution < -0.4 is 9.64 Å². The summed E-state index contributed by atoms with van der Waals surface area (Å²) in [6.07, 6.45) is 1.04. The van der Waals surface area contributed by atoms with Crippen molar-refractivity contribution in [1.29, 1.82) is 0 Å². The van der Waals surface area contributed by atoms with Crippen molar-refractivity contribution in [2.75, 3.05) is 4.90 Å². The Balaban J connectivity index is 1.64. The second-order valence-electron chi connectivity index (χ2n) is 6.88. The van der Waals surface area contributed by atoms with E-state index in [0.29, 0.717) is 6.42 Å². The highest BCUT2D eigenvalue weighted by Gasteiger charge is 2.35. The largest absolute Gasteiger partial charge is 0.480 e. The number of fused-ring (bicyclic) bond motifs is 2. The van der Waals surface area contributed by atoms with Crippen molar-refractivity contribution in [2.24, 2.45) is 0 Å². The van der Waals surface area contributed by atoms with Crippen molar-refractivity contribution >= 4 is 22.4 Å². The number of para-hydroxylation sites is 1. The van der Waals surface area contributed by atoms with Crippen LogP contribution in [0, 0.1) is 0 Å². The third kappa shape index (κ3) is 2.84. The fourth-order valence-electron chi connectivity index (χ4n) is 3.82. The van der Waals surface area contributed by atoms with Crippen LogP contribution in [0.4, 0.5) is 5.69 Å². The predicted octanol–water partition coefficient (Wildman–Crippen LogP) is 4.98. The van der Waals surface area contributed by atoms with Gasteiger partial charge in [0.1, 0.15) is 5.75 Å². The lowest BCUT2D eigenvalue weighted by Crippen LogP contribution is -2.44. The van der Waals surface area contributed by atoms with Crippen molar-refractivity contribution in [3.8, 4) is 5.75 Å². The molecule has 1 aliphatic heterocycles. The Morgan fingerprint density at radius 1 is 1.08 bits per heavy atom. The molecule has 1 heterocycles. The average Bonchev–Trinajstić information content (AvgIpc) is 3.01. The number of hydrogen-bond donors (Lipinski definition) is 0. The van der Waals surface area contributed by atoms with Crippen molar-refractivity contribution < 1.29 is 9.53 Å². The number of anilines is 1. The quantitative estimate of drug-likeness (QED) is 0.668. The number of carbonyl (C=O) groups excluding carboxylic acids is 1. The second kappa shape index (κ2) is 6.83. The molecule has 132 valence electrons. The highest BCUT2D eigenvalue weighted by molar-refractivity contribution is 5.99. The summed E-state index contributed by atoms with van der Waals surface area (Å²) < 4.78 is 6.22. The molecule has 0 bridgehead atoms. The first-order valence-corrected chi connectivity index (χ1v) is 9.24. The molecule has 2 atom stereocenters. The lowest BCUT2D eigenvalue weighted by Gasteiger charge is -2.28. The third-order valence-electron chi connectivity index (χ3n) is 5.11. The van der Waals surface area contributed by atoms with E-state index in [1.807, 2.05) is 60.4 Å². The van der Waals surface area contributed by atoms with Crippen molar-refractivity contribution in [3.63, 3.8) is 0 Å². The Kier molecular flexibility index (Phi) is 4.37. The summed E-state index contributed by atoms with van der Waals surface area (Å²) in [5, 5.41) is 2.16. The van der Waals surface area contributed by atoms with Crippen LogP contribution in [0.5, 0.6) is 5.75 Å². The van der Waals surface area contributed by atoms with Crippen molar-refractivity contribution in [2.45, 2.75) is 38.8 Å². The standard InChI is InChI=1S/C23H23NO2/c1-3-21(26-22-14-8-11-17-9-4-6-12-19(17)22)23(25)24-16(2)15-18-10-5-7-13-20(18)24/h4-14,16,21H,3,15H2,1-2H3/t16-,21-/m0/s1. The highest BCUT2D eigenvalue weighted by atomic mass is 16.5. The van der Waals surface area contributed by atoms with Crippen LogP contribution >= 0.6 is 0 Å². The molecule has 3 aromatic rings. The Morgan fingerprint density at radius 2 is 1.81 bits per heavy atom. The molecule has 0 aromatic heterocycles. The van der Waals surface area contributed by atoms with Gasteiger partial charge in [-0.3, -0.25) is 4.79 Å². The molecule has 0 N–H and O–H groups in total. The molecule has 26 heavy (non-hydrogen) atoms. The van der Waals surface area contributed by atoms with Gasteiger partial charge in [0.15, 0.2) is 6.10 Å². The average molecular weight is 345 g/mol. The molecule has 3 heteroatoms. The summed E-state index contributed by atoms with van der Waals surface area (Å²) in [6, 6.07) is 22.4. The van der Waals surface area contributed by atoms with Gasteiger partial charge in [-0.2, -0.15) is 0 Å². The fourth-order valence-corrected chi connectivity index (χ4v) is 3.82. The van der Waals surface area contributed by atoms with Crippen molar-refractivity contribution in [3.05, 3.63) is 72.3 Å². The summed E-state index contributed by atoms with van der Waals surface area (Å²) in [4.78, 5) is 15.2. The third-order valence-corrected chi connectivity index (χ3v) is 5.11. The van der Waals surface area contributed by atoms with Gasteiger partial charge in [-0.05, 0) is 42.8 Å². The van der Waals surface area contributed by atoms with Crippen LogP contribution in [0.15, 0.2) is 66.7 Å². The van der Waals surface area contributed by atoms with Gasteiger partial charge in [-0.15, -0.1) is 0 Å². The Bertz CT molecular complexity index is 944. The van der Waals surface area contributed by atoms with Crippen LogP contribution in [0.2, 0.25) is 0 Å². The van der Waals surface area contributed by atoms with E-state index in [-0.39, 0.29) is 11.9 Å². The van der Waals surface area contributed by atoms with E-state index < -0.39 is 6.10 Å². The van der Waals surface area contributed by atoms with Crippen LogP contribution in [0.25, 0.3) is 10.8 Å². The molecule has 1 amide bonds. The maximum absolute atomic E-state index is 13.3. The molecule has 0 saturated heterocycles.